The lowest BCUT2D eigenvalue weighted by Crippen LogP contribution is -2.85. The van der Waals surface area contributed by atoms with Crippen LogP contribution >= 0.6 is 0 Å². The Morgan fingerprint density at radius 3 is 1.18 bits per heavy atom. The minimum atomic E-state index is -8.28. The smallest absolute Gasteiger partial charge is 0.349 e. The van der Waals surface area contributed by atoms with Crippen molar-refractivity contribution >= 4 is 5.91 Å². The van der Waals surface area contributed by atoms with E-state index in [0.717, 1.165) is 24.3 Å². The van der Waals surface area contributed by atoms with Gasteiger partial charge in [0.2, 0.25) is 0 Å². The fraction of sp³-hybridized carbons (Fsp3) is 0.562. The van der Waals surface area contributed by atoms with Crippen molar-refractivity contribution in [3.63, 3.8) is 0 Å². The standard InChI is InChI=1S/C16H8F15NO/c17-9(8(33)32-6-7-4-2-1-3-5-7)10(18,19)12(22,23)14(26,27)16(30,31)15(28,29)13(24,25)11(9,20)21/h1-5H,6H2,(H,32,33). The van der Waals surface area contributed by atoms with Crippen LogP contribution in [0.15, 0.2) is 30.3 Å². The number of hydrogen-bond acceptors (Lipinski definition) is 1. The zero-order valence-corrected chi connectivity index (χ0v) is 15.2. The Kier molecular flexibility index (Phi) is 5.76. The molecule has 0 saturated heterocycles. The van der Waals surface area contributed by atoms with Crippen LogP contribution in [0.4, 0.5) is 65.9 Å². The number of carbonyl (C=O) groups is 1. The van der Waals surface area contributed by atoms with Crippen molar-refractivity contribution in [2.45, 2.75) is 53.7 Å². The Labute approximate surface area is 172 Å². The molecule has 1 aromatic carbocycles. The summed E-state index contributed by atoms with van der Waals surface area (Å²) >= 11 is 0. The highest BCUT2D eigenvalue weighted by Gasteiger charge is 3.03. The molecule has 1 saturated carbocycles. The monoisotopic (exact) mass is 515 g/mol. The predicted octanol–water partition coefficient (Wildman–Crippen LogP) is 5.47. The van der Waals surface area contributed by atoms with Gasteiger partial charge in [-0.1, -0.05) is 30.3 Å². The summed E-state index contributed by atoms with van der Waals surface area (Å²) in [6.07, 6.45) is 0. The van der Waals surface area contributed by atoms with Gasteiger partial charge >= 0.3 is 47.1 Å². The van der Waals surface area contributed by atoms with Crippen LogP contribution in [0.1, 0.15) is 5.56 Å². The molecule has 1 N–H and O–H groups in total. The summed E-state index contributed by atoms with van der Waals surface area (Å²) < 4.78 is 207. The van der Waals surface area contributed by atoms with E-state index in [9.17, 15) is 70.7 Å². The van der Waals surface area contributed by atoms with Crippen molar-refractivity contribution in [2.75, 3.05) is 0 Å². The molecule has 17 heteroatoms. The summed E-state index contributed by atoms with van der Waals surface area (Å²) in [4.78, 5) is 11.8. The maximum atomic E-state index is 14.8. The first kappa shape index (κ1) is 26.9. The second-order valence-electron chi connectivity index (χ2n) is 6.85. The molecule has 0 atom stereocenters. The number of nitrogens with one attached hydrogen (secondary N) is 1. The molecule has 1 fully saturated rings. The normalized spacial score (nSPS) is 27.6. The zero-order chi connectivity index (χ0) is 26.1. The fourth-order valence-electron chi connectivity index (χ4n) is 2.80. The van der Waals surface area contributed by atoms with Crippen molar-refractivity contribution in [2.24, 2.45) is 0 Å². The van der Waals surface area contributed by atoms with Gasteiger partial charge in [0.1, 0.15) is 0 Å². The third kappa shape index (κ3) is 2.88. The number of benzene rings is 1. The third-order valence-corrected chi connectivity index (χ3v) is 4.84. The Hall–Kier alpha value is -2.36. The average Bonchev–Trinajstić information content (AvgIpc) is 2.70. The van der Waals surface area contributed by atoms with Gasteiger partial charge in [-0.25, -0.2) is 4.39 Å². The SMILES string of the molecule is O=C(NCc1ccccc1)C1(F)C(F)(F)C(F)(F)C(F)(F)C(F)(F)C(F)(F)C(F)(F)C1(F)F. The van der Waals surface area contributed by atoms with Gasteiger partial charge in [-0.2, -0.15) is 61.5 Å². The molecular formula is C16H8F15NO. The van der Waals surface area contributed by atoms with E-state index in [2.05, 4.69) is 0 Å². The van der Waals surface area contributed by atoms with E-state index >= 15 is 0 Å². The molecule has 1 aliphatic rings. The van der Waals surface area contributed by atoms with Gasteiger partial charge in [0.25, 0.3) is 5.91 Å². The zero-order valence-electron chi connectivity index (χ0n) is 15.2. The molecule has 0 radical (unpaired) electrons. The van der Waals surface area contributed by atoms with Gasteiger partial charge in [0, 0.05) is 6.54 Å². The minimum absolute atomic E-state index is 0.312. The Morgan fingerprint density at radius 1 is 0.545 bits per heavy atom. The number of hydrogen-bond donors (Lipinski definition) is 1. The molecule has 0 heterocycles. The summed E-state index contributed by atoms with van der Waals surface area (Å²) in [6.45, 7) is -1.36. The average molecular weight is 515 g/mol. The molecule has 0 aromatic heterocycles. The summed E-state index contributed by atoms with van der Waals surface area (Å²) in [5.41, 5.74) is -7.89. The number of carbonyl (C=O) groups excluding carboxylic acids is 1. The molecule has 0 unspecified atom stereocenters. The molecule has 0 bridgehead atoms. The largest absolute Gasteiger partial charge is 0.384 e. The van der Waals surface area contributed by atoms with Crippen molar-refractivity contribution < 1.29 is 70.7 Å². The van der Waals surface area contributed by atoms with E-state index in [-0.39, 0.29) is 5.56 Å². The predicted molar refractivity (Wildman–Crippen MR) is 76.8 cm³/mol. The highest BCUT2D eigenvalue weighted by molar-refractivity contribution is 5.88. The van der Waals surface area contributed by atoms with E-state index in [1.165, 1.54) is 6.07 Å². The first-order chi connectivity index (χ1) is 14.5. The molecule has 1 aliphatic carbocycles. The van der Waals surface area contributed by atoms with E-state index in [1.54, 1.807) is 0 Å². The molecule has 33 heavy (non-hydrogen) atoms. The summed E-state index contributed by atoms with van der Waals surface area (Å²) in [7, 11) is 0. The highest BCUT2D eigenvalue weighted by Crippen LogP contribution is 2.69. The number of alkyl halides is 15. The maximum Gasteiger partial charge on any atom is 0.384 e. The highest BCUT2D eigenvalue weighted by atomic mass is 19.4. The number of halogens is 15. The van der Waals surface area contributed by atoms with E-state index in [0.29, 0.717) is 5.32 Å². The van der Waals surface area contributed by atoms with Crippen LogP contribution in [0, 0.1) is 0 Å². The molecule has 2 rings (SSSR count). The summed E-state index contributed by atoms with van der Waals surface area (Å²) in [6, 6.07) is 5.41. The van der Waals surface area contributed by atoms with Gasteiger partial charge < -0.3 is 5.32 Å². The van der Waals surface area contributed by atoms with Crippen molar-refractivity contribution in [1.29, 1.82) is 0 Å². The Balaban J connectivity index is 2.84. The topological polar surface area (TPSA) is 29.1 Å². The lowest BCUT2D eigenvalue weighted by Gasteiger charge is -2.50. The summed E-state index contributed by atoms with van der Waals surface area (Å²) in [5.74, 6) is -61.3. The van der Waals surface area contributed by atoms with Crippen LogP contribution in [-0.2, 0) is 11.3 Å². The molecular weight excluding hydrogens is 507 g/mol. The van der Waals surface area contributed by atoms with Crippen LogP contribution in [0.3, 0.4) is 0 Å². The lowest BCUT2D eigenvalue weighted by molar-refractivity contribution is -0.485. The second-order valence-corrected chi connectivity index (χ2v) is 6.85. The fourth-order valence-corrected chi connectivity index (χ4v) is 2.80. The van der Waals surface area contributed by atoms with Crippen LogP contribution in [-0.4, -0.2) is 53.0 Å². The Bertz CT molecular complexity index is 870. The van der Waals surface area contributed by atoms with E-state index in [1.807, 2.05) is 0 Å². The van der Waals surface area contributed by atoms with Crippen LogP contribution in [0.25, 0.3) is 0 Å². The molecule has 188 valence electrons. The summed E-state index contributed by atoms with van der Waals surface area (Å²) in [5, 5.41) is 0.702. The number of rotatable bonds is 3. The van der Waals surface area contributed by atoms with Gasteiger partial charge in [-0.05, 0) is 5.56 Å². The van der Waals surface area contributed by atoms with Gasteiger partial charge in [0.15, 0.2) is 0 Å². The first-order valence-electron chi connectivity index (χ1n) is 8.16. The van der Waals surface area contributed by atoms with Gasteiger partial charge in [-0.15, -0.1) is 0 Å². The molecule has 0 aliphatic heterocycles. The minimum Gasteiger partial charge on any atom is -0.349 e. The van der Waals surface area contributed by atoms with E-state index < -0.39 is 59.6 Å². The lowest BCUT2D eigenvalue weighted by atomic mass is 9.73. The van der Waals surface area contributed by atoms with Crippen LogP contribution in [0.5, 0.6) is 0 Å². The maximum absolute atomic E-state index is 14.8. The van der Waals surface area contributed by atoms with Gasteiger partial charge in [-0.3, -0.25) is 4.79 Å². The third-order valence-electron chi connectivity index (χ3n) is 4.84. The van der Waals surface area contributed by atoms with Crippen molar-refractivity contribution in [3.05, 3.63) is 35.9 Å². The Morgan fingerprint density at radius 2 is 0.848 bits per heavy atom. The quantitative estimate of drug-likeness (QED) is 0.532. The first-order valence-corrected chi connectivity index (χ1v) is 8.16. The molecule has 1 aromatic rings. The molecule has 2 nitrogen and oxygen atoms in total. The second kappa shape index (κ2) is 7.07. The molecule has 0 spiro atoms. The van der Waals surface area contributed by atoms with Crippen LogP contribution < -0.4 is 5.32 Å². The molecule has 1 amide bonds. The number of amides is 1. The van der Waals surface area contributed by atoms with E-state index in [4.69, 9.17) is 0 Å². The van der Waals surface area contributed by atoms with Crippen molar-refractivity contribution in [1.82, 2.24) is 5.32 Å². The van der Waals surface area contributed by atoms with Crippen LogP contribution in [0.2, 0.25) is 0 Å². The van der Waals surface area contributed by atoms with Crippen molar-refractivity contribution in [3.8, 4) is 0 Å². The van der Waals surface area contributed by atoms with Gasteiger partial charge in [0.05, 0.1) is 0 Å².